The van der Waals surface area contributed by atoms with E-state index in [-0.39, 0.29) is 5.78 Å². The average Bonchev–Trinajstić information content (AvgIpc) is 2.87. The van der Waals surface area contributed by atoms with Gasteiger partial charge in [-0.25, -0.2) is 0 Å². The number of para-hydroxylation sites is 1. The summed E-state index contributed by atoms with van der Waals surface area (Å²) in [6, 6.07) is 19.8. The number of hydrogen-bond acceptors (Lipinski definition) is 3. The number of hydrogen-bond donors (Lipinski definition) is 0. The van der Waals surface area contributed by atoms with Crippen LogP contribution in [0.5, 0.6) is 5.75 Å². The first-order valence-corrected chi connectivity index (χ1v) is 14.0. The van der Waals surface area contributed by atoms with E-state index in [1.54, 1.807) is 12.1 Å². The summed E-state index contributed by atoms with van der Waals surface area (Å²) in [6.07, 6.45) is 19.8. The summed E-state index contributed by atoms with van der Waals surface area (Å²) in [5.41, 5.74) is 1.47. The molecule has 0 heterocycles. The molecule has 0 amide bonds. The summed E-state index contributed by atoms with van der Waals surface area (Å²) >= 11 is 0. The van der Waals surface area contributed by atoms with Crippen LogP contribution in [0.2, 0.25) is 0 Å². The summed E-state index contributed by atoms with van der Waals surface area (Å²) < 4.78 is 5.37. The monoisotopic (exact) mass is 478 g/mol. The molecule has 0 bridgehead atoms. The van der Waals surface area contributed by atoms with Gasteiger partial charge in [0.2, 0.25) is 0 Å². The van der Waals surface area contributed by atoms with Crippen LogP contribution in [0.3, 0.4) is 0 Å². The Morgan fingerprint density at radius 3 is 1.51 bits per heavy atom. The minimum Gasteiger partial charge on any atom is -0.426 e. The number of aryl methyl sites for hydroxylation is 1. The van der Waals surface area contributed by atoms with Crippen molar-refractivity contribution in [3.8, 4) is 5.75 Å². The fraction of sp³-hybridized carbons (Fsp3) is 0.562. The highest BCUT2D eigenvalue weighted by Crippen LogP contribution is 2.18. The Bertz CT molecular complexity index is 800. The third-order valence-electron chi connectivity index (χ3n) is 6.79. The van der Waals surface area contributed by atoms with Crippen LogP contribution in [0.4, 0.5) is 0 Å². The maximum atomic E-state index is 12.3. The van der Waals surface area contributed by atoms with Gasteiger partial charge >= 0.3 is 5.97 Å². The number of carbonyl (C=O) groups excluding carboxylic acids is 2. The molecule has 35 heavy (non-hydrogen) atoms. The number of ether oxygens (including phenoxy) is 1. The lowest BCUT2D eigenvalue weighted by molar-refractivity contribution is -0.143. The minimum atomic E-state index is -0.640. The van der Waals surface area contributed by atoms with Crippen LogP contribution in [0.25, 0.3) is 0 Å². The SMILES string of the molecule is CC(=O)C(CCCCCCCCCCCCCCCCc1ccccc1)C(=O)Oc1ccccc1. The fourth-order valence-corrected chi connectivity index (χ4v) is 4.61. The highest BCUT2D eigenvalue weighted by atomic mass is 16.5. The fourth-order valence-electron chi connectivity index (χ4n) is 4.61. The Morgan fingerprint density at radius 2 is 1.03 bits per heavy atom. The van der Waals surface area contributed by atoms with Crippen molar-refractivity contribution in [2.75, 3.05) is 0 Å². The number of esters is 1. The van der Waals surface area contributed by atoms with E-state index in [4.69, 9.17) is 4.74 Å². The topological polar surface area (TPSA) is 43.4 Å². The molecule has 2 aromatic rings. The van der Waals surface area contributed by atoms with Gasteiger partial charge in [-0.15, -0.1) is 0 Å². The number of unbranched alkanes of at least 4 members (excludes halogenated alkanes) is 13. The number of rotatable bonds is 20. The largest absolute Gasteiger partial charge is 0.426 e. The molecule has 0 fully saturated rings. The first kappa shape index (κ1) is 28.8. The molecule has 0 N–H and O–H groups in total. The van der Waals surface area contributed by atoms with Gasteiger partial charge in [-0.3, -0.25) is 9.59 Å². The molecule has 1 atom stereocenters. The zero-order valence-corrected chi connectivity index (χ0v) is 21.9. The highest BCUT2D eigenvalue weighted by Gasteiger charge is 2.24. The smallest absolute Gasteiger partial charge is 0.321 e. The lowest BCUT2D eigenvalue weighted by Gasteiger charge is -2.13. The van der Waals surface area contributed by atoms with E-state index in [0.717, 1.165) is 12.8 Å². The standard InChI is InChI=1S/C32H46O3/c1-28(33)31(32(34)35-30-25-19-15-20-26-30)27-21-13-11-9-7-5-3-2-4-6-8-10-12-16-22-29-23-17-14-18-24-29/h14-15,17-20,23-26,31H,2-13,16,21-22,27H2,1H3. The molecular weight excluding hydrogens is 432 g/mol. The van der Waals surface area contributed by atoms with Crippen LogP contribution in [-0.4, -0.2) is 11.8 Å². The molecule has 0 radical (unpaired) electrons. The molecule has 2 aromatic carbocycles. The minimum absolute atomic E-state index is 0.0990. The first-order chi connectivity index (χ1) is 17.2. The van der Waals surface area contributed by atoms with E-state index in [9.17, 15) is 9.59 Å². The molecule has 0 saturated carbocycles. The van der Waals surface area contributed by atoms with Crippen LogP contribution in [0, 0.1) is 5.92 Å². The van der Waals surface area contributed by atoms with Crippen LogP contribution in [0.1, 0.15) is 109 Å². The summed E-state index contributed by atoms with van der Waals surface area (Å²) in [5, 5.41) is 0. The number of Topliss-reactive ketones (excluding diaryl/α,β-unsaturated/α-hetero) is 1. The zero-order chi connectivity index (χ0) is 25.0. The van der Waals surface area contributed by atoms with Crippen LogP contribution in [0.15, 0.2) is 60.7 Å². The summed E-state index contributed by atoms with van der Waals surface area (Å²) in [7, 11) is 0. The lowest BCUT2D eigenvalue weighted by Crippen LogP contribution is -2.26. The molecule has 192 valence electrons. The lowest BCUT2D eigenvalue weighted by atomic mass is 9.96. The summed E-state index contributed by atoms with van der Waals surface area (Å²) in [5.74, 6) is -0.657. The maximum Gasteiger partial charge on any atom is 0.321 e. The van der Waals surface area contributed by atoms with Gasteiger partial charge in [-0.2, -0.15) is 0 Å². The second kappa shape index (κ2) is 18.9. The van der Waals surface area contributed by atoms with Crippen molar-refractivity contribution in [2.24, 2.45) is 5.92 Å². The van der Waals surface area contributed by atoms with Crippen molar-refractivity contribution in [1.82, 2.24) is 0 Å². The molecule has 0 aliphatic heterocycles. The molecule has 0 aliphatic carbocycles. The van der Waals surface area contributed by atoms with Gasteiger partial charge in [-0.1, -0.05) is 132 Å². The normalized spacial score (nSPS) is 11.8. The second-order valence-electron chi connectivity index (χ2n) is 9.87. The van der Waals surface area contributed by atoms with Crippen molar-refractivity contribution in [3.05, 3.63) is 66.2 Å². The van der Waals surface area contributed by atoms with Crippen molar-refractivity contribution in [2.45, 2.75) is 110 Å². The van der Waals surface area contributed by atoms with Crippen LogP contribution < -0.4 is 4.74 Å². The molecule has 0 spiro atoms. The zero-order valence-electron chi connectivity index (χ0n) is 21.9. The Morgan fingerprint density at radius 1 is 0.600 bits per heavy atom. The van der Waals surface area contributed by atoms with E-state index in [1.165, 1.54) is 96.0 Å². The molecule has 1 unspecified atom stereocenters. The summed E-state index contributed by atoms with van der Waals surface area (Å²) in [6.45, 7) is 1.49. The average molecular weight is 479 g/mol. The predicted octanol–water partition coefficient (Wildman–Crippen LogP) is 8.89. The van der Waals surface area contributed by atoms with Crippen LogP contribution in [-0.2, 0) is 16.0 Å². The van der Waals surface area contributed by atoms with Gasteiger partial charge < -0.3 is 4.74 Å². The Labute approximate surface area is 213 Å². The van der Waals surface area contributed by atoms with Crippen molar-refractivity contribution < 1.29 is 14.3 Å². The van der Waals surface area contributed by atoms with E-state index in [1.807, 2.05) is 18.2 Å². The molecule has 2 rings (SSSR count). The van der Waals surface area contributed by atoms with E-state index < -0.39 is 11.9 Å². The molecule has 0 aromatic heterocycles. The molecule has 0 aliphatic rings. The van der Waals surface area contributed by atoms with Crippen molar-refractivity contribution in [3.63, 3.8) is 0 Å². The molecule has 3 nitrogen and oxygen atoms in total. The second-order valence-corrected chi connectivity index (χ2v) is 9.87. The van der Waals surface area contributed by atoms with Gasteiger partial charge in [0.05, 0.1) is 0 Å². The number of benzene rings is 2. The van der Waals surface area contributed by atoms with E-state index in [0.29, 0.717) is 12.2 Å². The molecule has 0 saturated heterocycles. The molecular formula is C32H46O3. The Balaban J connectivity index is 1.36. The number of carbonyl (C=O) groups is 2. The maximum absolute atomic E-state index is 12.3. The van der Waals surface area contributed by atoms with Gasteiger partial charge in [0.15, 0.2) is 0 Å². The van der Waals surface area contributed by atoms with E-state index >= 15 is 0 Å². The van der Waals surface area contributed by atoms with Gasteiger partial charge in [0.1, 0.15) is 17.5 Å². The Hall–Kier alpha value is -2.42. The quantitative estimate of drug-likeness (QED) is 0.0826. The third kappa shape index (κ3) is 13.9. The summed E-state index contributed by atoms with van der Waals surface area (Å²) in [4.78, 5) is 24.3. The highest BCUT2D eigenvalue weighted by molar-refractivity contribution is 5.98. The van der Waals surface area contributed by atoms with Crippen molar-refractivity contribution >= 4 is 11.8 Å². The molecule has 3 heteroatoms. The van der Waals surface area contributed by atoms with Gasteiger partial charge in [0.25, 0.3) is 0 Å². The van der Waals surface area contributed by atoms with Gasteiger partial charge in [0, 0.05) is 0 Å². The van der Waals surface area contributed by atoms with Gasteiger partial charge in [-0.05, 0) is 43.9 Å². The Kier molecular flexibility index (Phi) is 15.5. The third-order valence-corrected chi connectivity index (χ3v) is 6.79. The van der Waals surface area contributed by atoms with Crippen molar-refractivity contribution in [1.29, 1.82) is 0 Å². The van der Waals surface area contributed by atoms with Crippen LogP contribution >= 0.6 is 0 Å². The predicted molar refractivity (Wildman–Crippen MR) is 146 cm³/mol. The van der Waals surface area contributed by atoms with E-state index in [2.05, 4.69) is 30.3 Å². The first-order valence-electron chi connectivity index (χ1n) is 14.0. The number of ketones is 1.